The number of nitrogens with zero attached hydrogens (tertiary/aromatic N) is 2. The summed E-state index contributed by atoms with van der Waals surface area (Å²) in [5.41, 5.74) is 3.19. The maximum Gasteiger partial charge on any atom is 0.321 e. The summed E-state index contributed by atoms with van der Waals surface area (Å²) in [5.74, 6) is 2.07. The molecule has 1 atom stereocenters. The van der Waals surface area contributed by atoms with Crippen LogP contribution in [-0.4, -0.2) is 50.7 Å². The summed E-state index contributed by atoms with van der Waals surface area (Å²) in [5, 5.41) is 9.73. The van der Waals surface area contributed by atoms with E-state index in [-0.39, 0.29) is 30.0 Å². The van der Waals surface area contributed by atoms with Gasteiger partial charge in [-0.25, -0.2) is 4.79 Å². The predicted octanol–water partition coefficient (Wildman–Crippen LogP) is 4.80. The first-order valence-electron chi connectivity index (χ1n) is 11.3. The summed E-state index contributed by atoms with van der Waals surface area (Å²) in [4.78, 5) is 18.5. The van der Waals surface area contributed by atoms with Gasteiger partial charge in [-0.2, -0.15) is 0 Å². The summed E-state index contributed by atoms with van der Waals surface area (Å²) in [6, 6.07) is 16.1. The third-order valence-electron chi connectivity index (χ3n) is 5.81. The first-order valence-corrected chi connectivity index (χ1v) is 11.3. The lowest BCUT2D eigenvalue weighted by Gasteiger charge is -2.17. The molecule has 2 aromatic carbocycles. The molecule has 1 aliphatic rings. The monoisotopic (exact) mass is 565 g/mol. The zero-order valence-corrected chi connectivity index (χ0v) is 22.1. The smallest absolute Gasteiger partial charge is 0.321 e. The van der Waals surface area contributed by atoms with Crippen molar-refractivity contribution < 1.29 is 9.53 Å². The number of anilines is 1. The van der Waals surface area contributed by atoms with Gasteiger partial charge in [0.1, 0.15) is 5.75 Å². The lowest BCUT2D eigenvalue weighted by Crippen LogP contribution is -2.37. The summed E-state index contributed by atoms with van der Waals surface area (Å²) >= 11 is 0. The van der Waals surface area contributed by atoms with Gasteiger partial charge in [0.25, 0.3) is 0 Å². The number of guanidine groups is 1. The largest absolute Gasteiger partial charge is 0.497 e. The molecule has 2 amide bonds. The number of amides is 2. The second-order valence-corrected chi connectivity index (χ2v) is 8.14. The Kier molecular flexibility index (Phi) is 11.3. The van der Waals surface area contributed by atoms with Gasteiger partial charge in [-0.05, 0) is 60.6 Å². The van der Waals surface area contributed by atoms with Crippen molar-refractivity contribution in [3.05, 3.63) is 59.7 Å². The van der Waals surface area contributed by atoms with Crippen molar-refractivity contribution in [3.63, 3.8) is 0 Å². The molecule has 0 aliphatic carbocycles. The van der Waals surface area contributed by atoms with E-state index in [2.05, 4.69) is 40.0 Å². The van der Waals surface area contributed by atoms with Crippen LogP contribution in [0.15, 0.2) is 53.5 Å². The molecular formula is C25H36IN5O2. The van der Waals surface area contributed by atoms with Crippen LogP contribution in [0, 0.1) is 0 Å². The maximum absolute atomic E-state index is 12.3. The molecule has 0 radical (unpaired) electrons. The number of urea groups is 1. The standard InChI is InChI=1S/C25H35N5O2.HI/c1-19(21-9-11-23(32-3)12-10-21)13-14-27-24(26-2)28-18-20-7-6-8-22(17-20)29-25(31)30-15-4-5-16-30;/h6-12,17,19H,4-5,13-16,18H2,1-3H3,(H,29,31)(H2,26,27,28);1H. The van der Waals surface area contributed by atoms with Gasteiger partial charge in [0, 0.05) is 38.9 Å². The second-order valence-electron chi connectivity index (χ2n) is 8.14. The van der Waals surface area contributed by atoms with Crippen molar-refractivity contribution in [1.29, 1.82) is 0 Å². The number of rotatable bonds is 8. The fourth-order valence-electron chi connectivity index (χ4n) is 3.79. The summed E-state index contributed by atoms with van der Waals surface area (Å²) in [6.45, 7) is 5.35. The Balaban J connectivity index is 0.00000385. The molecule has 1 saturated heterocycles. The highest BCUT2D eigenvalue weighted by Crippen LogP contribution is 2.21. The van der Waals surface area contributed by atoms with Crippen molar-refractivity contribution in [3.8, 4) is 5.75 Å². The van der Waals surface area contributed by atoms with Gasteiger partial charge in [0.15, 0.2) is 5.96 Å². The van der Waals surface area contributed by atoms with E-state index in [0.29, 0.717) is 12.5 Å². The van der Waals surface area contributed by atoms with E-state index in [1.54, 1.807) is 14.2 Å². The lowest BCUT2D eigenvalue weighted by atomic mass is 9.98. The molecule has 1 fully saturated rings. The van der Waals surface area contributed by atoms with Gasteiger partial charge in [0.05, 0.1) is 7.11 Å². The lowest BCUT2D eigenvalue weighted by molar-refractivity contribution is 0.222. The third kappa shape index (κ3) is 8.42. The molecule has 180 valence electrons. The number of hydrogen-bond donors (Lipinski definition) is 3. The van der Waals surface area contributed by atoms with Crippen LogP contribution in [0.3, 0.4) is 0 Å². The Bertz CT molecular complexity index is 898. The van der Waals surface area contributed by atoms with E-state index < -0.39 is 0 Å². The number of aliphatic imine (C=N–C) groups is 1. The molecule has 0 bridgehead atoms. The van der Waals surface area contributed by atoms with Crippen molar-refractivity contribution in [2.24, 2.45) is 4.99 Å². The van der Waals surface area contributed by atoms with Crippen molar-refractivity contribution >= 4 is 41.7 Å². The molecule has 1 unspecified atom stereocenters. The molecule has 7 nitrogen and oxygen atoms in total. The van der Waals surface area contributed by atoms with Crippen LogP contribution in [0.1, 0.15) is 43.2 Å². The molecule has 1 heterocycles. The van der Waals surface area contributed by atoms with Crippen LogP contribution in [-0.2, 0) is 6.54 Å². The fraction of sp³-hybridized carbons (Fsp3) is 0.440. The third-order valence-corrected chi connectivity index (χ3v) is 5.81. The van der Waals surface area contributed by atoms with Crippen molar-refractivity contribution in [1.82, 2.24) is 15.5 Å². The van der Waals surface area contributed by atoms with Gasteiger partial charge < -0.3 is 25.6 Å². The molecule has 8 heteroatoms. The average molecular weight is 566 g/mol. The van der Waals surface area contributed by atoms with Gasteiger partial charge >= 0.3 is 6.03 Å². The van der Waals surface area contributed by atoms with E-state index in [0.717, 1.165) is 61.9 Å². The number of likely N-dealkylation sites (tertiary alicyclic amines) is 1. The number of carbonyl (C=O) groups excluding carboxylic acids is 1. The molecular weight excluding hydrogens is 529 g/mol. The normalized spacial score (nSPS) is 14.3. The number of carbonyl (C=O) groups is 1. The highest BCUT2D eigenvalue weighted by atomic mass is 127. The number of ether oxygens (including phenoxy) is 1. The SMILES string of the molecule is CN=C(NCCC(C)c1ccc(OC)cc1)NCc1cccc(NC(=O)N2CCCC2)c1.I. The minimum Gasteiger partial charge on any atom is -0.497 e. The van der Waals surface area contributed by atoms with E-state index >= 15 is 0 Å². The van der Waals surface area contributed by atoms with Crippen LogP contribution in [0.4, 0.5) is 10.5 Å². The number of halogens is 1. The van der Waals surface area contributed by atoms with E-state index in [1.807, 2.05) is 41.3 Å². The number of hydrogen-bond acceptors (Lipinski definition) is 3. The summed E-state index contributed by atoms with van der Waals surface area (Å²) in [7, 11) is 3.46. The predicted molar refractivity (Wildman–Crippen MR) is 146 cm³/mol. The molecule has 3 rings (SSSR count). The van der Waals surface area contributed by atoms with Crippen LogP contribution in [0.2, 0.25) is 0 Å². The minimum atomic E-state index is -0.0175. The molecule has 2 aromatic rings. The summed E-state index contributed by atoms with van der Waals surface area (Å²) < 4.78 is 5.23. The zero-order chi connectivity index (χ0) is 22.8. The van der Waals surface area contributed by atoms with Crippen LogP contribution >= 0.6 is 24.0 Å². The van der Waals surface area contributed by atoms with Crippen LogP contribution in [0.5, 0.6) is 5.75 Å². The van der Waals surface area contributed by atoms with Crippen LogP contribution in [0.25, 0.3) is 0 Å². The topological polar surface area (TPSA) is 78.0 Å². The summed E-state index contributed by atoms with van der Waals surface area (Å²) in [6.07, 6.45) is 3.16. The molecule has 0 spiro atoms. The van der Waals surface area contributed by atoms with E-state index in [1.165, 1.54) is 5.56 Å². The van der Waals surface area contributed by atoms with Gasteiger partial charge in [0.2, 0.25) is 0 Å². The van der Waals surface area contributed by atoms with Gasteiger partial charge in [-0.15, -0.1) is 24.0 Å². The second kappa shape index (κ2) is 13.9. The first kappa shape index (κ1) is 26.8. The highest BCUT2D eigenvalue weighted by molar-refractivity contribution is 14.0. The van der Waals surface area contributed by atoms with Gasteiger partial charge in [-0.1, -0.05) is 31.2 Å². The van der Waals surface area contributed by atoms with E-state index in [4.69, 9.17) is 4.74 Å². The van der Waals surface area contributed by atoms with Crippen molar-refractivity contribution in [2.75, 3.05) is 39.1 Å². The van der Waals surface area contributed by atoms with Gasteiger partial charge in [-0.3, -0.25) is 4.99 Å². The Morgan fingerprint density at radius 1 is 1.12 bits per heavy atom. The molecule has 0 saturated carbocycles. The Morgan fingerprint density at radius 2 is 1.85 bits per heavy atom. The molecule has 1 aliphatic heterocycles. The van der Waals surface area contributed by atoms with Crippen molar-refractivity contribution in [2.45, 2.75) is 38.6 Å². The average Bonchev–Trinajstić information content (AvgIpc) is 3.37. The van der Waals surface area contributed by atoms with Crippen LogP contribution < -0.4 is 20.7 Å². The quantitative estimate of drug-likeness (QED) is 0.244. The molecule has 0 aromatic heterocycles. The number of methoxy groups -OCH3 is 1. The Hall–Kier alpha value is -2.49. The highest BCUT2D eigenvalue weighted by Gasteiger charge is 2.17. The fourth-order valence-corrected chi connectivity index (χ4v) is 3.79. The Morgan fingerprint density at radius 3 is 2.52 bits per heavy atom. The minimum absolute atomic E-state index is 0. The Labute approximate surface area is 214 Å². The number of benzene rings is 2. The maximum atomic E-state index is 12.3. The number of nitrogens with one attached hydrogen (secondary N) is 3. The first-order chi connectivity index (χ1) is 15.6. The zero-order valence-electron chi connectivity index (χ0n) is 19.8. The molecule has 3 N–H and O–H groups in total. The molecule has 33 heavy (non-hydrogen) atoms. The van der Waals surface area contributed by atoms with E-state index in [9.17, 15) is 4.79 Å².